The number of anilines is 1. The van der Waals surface area contributed by atoms with Crippen molar-refractivity contribution >= 4 is 5.69 Å². The smallest absolute Gasteiger partial charge is 0.0991 e. The van der Waals surface area contributed by atoms with Gasteiger partial charge in [-0.3, -0.25) is 0 Å². The molecule has 21 heavy (non-hydrogen) atoms. The first-order valence-electron chi connectivity index (χ1n) is 7.12. The van der Waals surface area contributed by atoms with Crippen molar-refractivity contribution in [1.29, 1.82) is 5.26 Å². The van der Waals surface area contributed by atoms with Gasteiger partial charge in [0.1, 0.15) is 0 Å². The zero-order valence-corrected chi connectivity index (χ0v) is 12.4. The zero-order valence-electron chi connectivity index (χ0n) is 12.4. The first-order valence-corrected chi connectivity index (χ1v) is 7.12. The summed E-state index contributed by atoms with van der Waals surface area (Å²) in [5.74, 6) is 0.482. The molecule has 0 heterocycles. The van der Waals surface area contributed by atoms with Crippen molar-refractivity contribution in [3.63, 3.8) is 0 Å². The first-order chi connectivity index (χ1) is 10.1. The van der Waals surface area contributed by atoms with E-state index in [1.807, 2.05) is 12.1 Å². The van der Waals surface area contributed by atoms with Crippen molar-refractivity contribution in [3.8, 4) is 6.07 Å². The molecular formula is C18H20N2O. The van der Waals surface area contributed by atoms with Crippen LogP contribution >= 0.6 is 0 Å². The molecule has 1 unspecified atom stereocenters. The number of benzene rings is 2. The maximum absolute atomic E-state index is 10.2. The Morgan fingerprint density at radius 3 is 2.43 bits per heavy atom. The summed E-state index contributed by atoms with van der Waals surface area (Å²) in [6, 6.07) is 17.3. The van der Waals surface area contributed by atoms with Crippen LogP contribution in [-0.4, -0.2) is 11.7 Å². The molecule has 0 aliphatic heterocycles. The van der Waals surface area contributed by atoms with Gasteiger partial charge in [0.25, 0.3) is 0 Å². The topological polar surface area (TPSA) is 56.0 Å². The second-order valence-electron chi connectivity index (χ2n) is 5.41. The Morgan fingerprint density at radius 1 is 1.10 bits per heavy atom. The predicted molar refractivity (Wildman–Crippen MR) is 85.1 cm³/mol. The molecule has 0 amide bonds. The monoisotopic (exact) mass is 280 g/mol. The van der Waals surface area contributed by atoms with Gasteiger partial charge in [-0.15, -0.1) is 0 Å². The Labute approximate surface area is 125 Å². The Kier molecular flexibility index (Phi) is 4.97. The number of hydrogen-bond acceptors (Lipinski definition) is 3. The van der Waals surface area contributed by atoms with Gasteiger partial charge in [0.05, 0.1) is 17.7 Å². The van der Waals surface area contributed by atoms with E-state index in [-0.39, 0.29) is 0 Å². The molecule has 108 valence electrons. The number of rotatable bonds is 5. The Balaban J connectivity index is 1.98. The zero-order chi connectivity index (χ0) is 15.2. The molecule has 0 aliphatic rings. The highest BCUT2D eigenvalue weighted by atomic mass is 16.3. The van der Waals surface area contributed by atoms with E-state index in [9.17, 15) is 5.11 Å². The molecule has 0 spiro atoms. The van der Waals surface area contributed by atoms with Crippen LogP contribution in [0.4, 0.5) is 5.69 Å². The second-order valence-corrected chi connectivity index (χ2v) is 5.41. The average Bonchev–Trinajstić information content (AvgIpc) is 2.53. The van der Waals surface area contributed by atoms with Gasteiger partial charge in [-0.05, 0) is 41.3 Å². The molecule has 0 bridgehead atoms. The van der Waals surface area contributed by atoms with E-state index in [0.717, 1.165) is 11.3 Å². The van der Waals surface area contributed by atoms with Gasteiger partial charge >= 0.3 is 0 Å². The maximum atomic E-state index is 10.2. The van der Waals surface area contributed by atoms with Gasteiger partial charge in [-0.25, -0.2) is 0 Å². The van der Waals surface area contributed by atoms with Crippen LogP contribution < -0.4 is 5.32 Å². The maximum Gasteiger partial charge on any atom is 0.0991 e. The Hall–Kier alpha value is -2.31. The van der Waals surface area contributed by atoms with Crippen molar-refractivity contribution in [1.82, 2.24) is 0 Å². The summed E-state index contributed by atoms with van der Waals surface area (Å²) in [5, 5.41) is 22.2. The standard InChI is InChI=1S/C18H20N2O/c1-13(2)16-4-3-5-17(10-16)20-12-18(21)15-8-6-14(11-19)7-9-15/h3-10,13,18,20-21H,12H2,1-2H3. The van der Waals surface area contributed by atoms with Gasteiger partial charge < -0.3 is 10.4 Å². The van der Waals surface area contributed by atoms with Gasteiger partial charge in [0.2, 0.25) is 0 Å². The molecule has 0 radical (unpaired) electrons. The lowest BCUT2D eigenvalue weighted by molar-refractivity contribution is 0.191. The summed E-state index contributed by atoms with van der Waals surface area (Å²) in [7, 11) is 0. The third-order valence-corrected chi connectivity index (χ3v) is 3.48. The number of aliphatic hydroxyl groups is 1. The highest BCUT2D eigenvalue weighted by Crippen LogP contribution is 2.20. The third-order valence-electron chi connectivity index (χ3n) is 3.48. The van der Waals surface area contributed by atoms with Crippen LogP contribution in [0.5, 0.6) is 0 Å². The summed E-state index contributed by atoms with van der Waals surface area (Å²) in [6.45, 7) is 4.75. The highest BCUT2D eigenvalue weighted by Gasteiger charge is 2.07. The minimum Gasteiger partial charge on any atom is -0.387 e. The molecule has 0 saturated carbocycles. The molecule has 0 aliphatic carbocycles. The van der Waals surface area contributed by atoms with E-state index in [0.29, 0.717) is 18.0 Å². The van der Waals surface area contributed by atoms with Crippen LogP contribution in [0.25, 0.3) is 0 Å². The van der Waals surface area contributed by atoms with Crippen LogP contribution in [0.2, 0.25) is 0 Å². The van der Waals surface area contributed by atoms with E-state index >= 15 is 0 Å². The second kappa shape index (κ2) is 6.92. The van der Waals surface area contributed by atoms with Crippen molar-refractivity contribution in [3.05, 3.63) is 65.2 Å². The molecule has 1 atom stereocenters. The number of nitrogens with zero attached hydrogens (tertiary/aromatic N) is 1. The SMILES string of the molecule is CC(C)c1cccc(NCC(O)c2ccc(C#N)cc2)c1. The summed E-state index contributed by atoms with van der Waals surface area (Å²) in [6.07, 6.45) is -0.597. The fourth-order valence-corrected chi connectivity index (χ4v) is 2.12. The van der Waals surface area contributed by atoms with Gasteiger partial charge in [0, 0.05) is 12.2 Å². The average molecular weight is 280 g/mol. The first kappa shape index (κ1) is 15.1. The highest BCUT2D eigenvalue weighted by molar-refractivity contribution is 5.46. The number of nitrogens with one attached hydrogen (secondary N) is 1. The van der Waals surface area contributed by atoms with Crippen LogP contribution in [-0.2, 0) is 0 Å². The minimum atomic E-state index is -0.597. The van der Waals surface area contributed by atoms with E-state index in [1.165, 1.54) is 5.56 Å². The molecule has 2 aromatic carbocycles. The van der Waals surface area contributed by atoms with E-state index in [1.54, 1.807) is 24.3 Å². The lowest BCUT2D eigenvalue weighted by Gasteiger charge is -2.14. The molecule has 0 saturated heterocycles. The summed E-state index contributed by atoms with van der Waals surface area (Å²) in [5.41, 5.74) is 3.69. The Morgan fingerprint density at radius 2 is 1.81 bits per heavy atom. The molecule has 3 heteroatoms. The van der Waals surface area contributed by atoms with E-state index in [2.05, 4.69) is 37.4 Å². The molecule has 2 N–H and O–H groups in total. The molecular weight excluding hydrogens is 260 g/mol. The van der Waals surface area contributed by atoms with Crippen LogP contribution in [0.15, 0.2) is 48.5 Å². The third kappa shape index (κ3) is 4.08. The lowest BCUT2D eigenvalue weighted by atomic mass is 10.0. The van der Waals surface area contributed by atoms with Crippen molar-refractivity contribution in [2.75, 3.05) is 11.9 Å². The molecule has 2 rings (SSSR count). The van der Waals surface area contributed by atoms with Crippen molar-refractivity contribution in [2.24, 2.45) is 0 Å². The number of hydrogen-bond donors (Lipinski definition) is 2. The minimum absolute atomic E-state index is 0.438. The van der Waals surface area contributed by atoms with Gasteiger partial charge in [0.15, 0.2) is 0 Å². The van der Waals surface area contributed by atoms with Gasteiger partial charge in [-0.2, -0.15) is 5.26 Å². The number of aliphatic hydroxyl groups excluding tert-OH is 1. The van der Waals surface area contributed by atoms with Crippen LogP contribution in [0.3, 0.4) is 0 Å². The fraction of sp³-hybridized carbons (Fsp3) is 0.278. The van der Waals surface area contributed by atoms with E-state index < -0.39 is 6.10 Å². The van der Waals surface area contributed by atoms with Crippen molar-refractivity contribution in [2.45, 2.75) is 25.9 Å². The van der Waals surface area contributed by atoms with Gasteiger partial charge in [-0.1, -0.05) is 38.1 Å². The molecule has 3 nitrogen and oxygen atoms in total. The Bertz CT molecular complexity index is 626. The summed E-state index contributed by atoms with van der Waals surface area (Å²) < 4.78 is 0. The van der Waals surface area contributed by atoms with E-state index in [4.69, 9.17) is 5.26 Å². The summed E-state index contributed by atoms with van der Waals surface area (Å²) in [4.78, 5) is 0. The van der Waals surface area contributed by atoms with Crippen LogP contribution in [0.1, 0.15) is 42.6 Å². The fourth-order valence-electron chi connectivity index (χ4n) is 2.12. The van der Waals surface area contributed by atoms with Crippen LogP contribution in [0, 0.1) is 11.3 Å². The quantitative estimate of drug-likeness (QED) is 0.875. The lowest BCUT2D eigenvalue weighted by Crippen LogP contribution is -2.12. The molecule has 0 aromatic heterocycles. The number of nitriles is 1. The predicted octanol–water partition coefficient (Wildman–Crippen LogP) is 3.83. The van der Waals surface area contributed by atoms with Crippen molar-refractivity contribution < 1.29 is 5.11 Å². The summed E-state index contributed by atoms with van der Waals surface area (Å²) >= 11 is 0. The normalized spacial score (nSPS) is 12.0. The molecule has 2 aromatic rings. The largest absolute Gasteiger partial charge is 0.387 e. The molecule has 0 fully saturated rings.